The van der Waals surface area contributed by atoms with Gasteiger partial charge in [-0.2, -0.15) is 0 Å². The van der Waals surface area contributed by atoms with Crippen LogP contribution >= 0.6 is 0 Å². The summed E-state index contributed by atoms with van der Waals surface area (Å²) < 4.78 is 26.6. The van der Waals surface area contributed by atoms with E-state index in [9.17, 15) is 18.0 Å². The number of hydrogen-bond acceptors (Lipinski definition) is 4. The molecule has 0 saturated heterocycles. The molecule has 2 N–H and O–H groups in total. The number of carbonyl (C=O) groups is 2. The van der Waals surface area contributed by atoms with Crippen LogP contribution in [-0.2, 0) is 19.6 Å². The van der Waals surface area contributed by atoms with E-state index in [0.717, 1.165) is 9.69 Å². The monoisotopic (exact) mass is 375 g/mol. The van der Waals surface area contributed by atoms with Crippen LogP contribution in [0.1, 0.15) is 27.2 Å². The van der Waals surface area contributed by atoms with Gasteiger partial charge in [0.25, 0.3) is 15.9 Å². The molecule has 7 nitrogen and oxygen atoms in total. The van der Waals surface area contributed by atoms with Crippen molar-refractivity contribution in [2.45, 2.75) is 32.1 Å². The highest BCUT2D eigenvalue weighted by Gasteiger charge is 2.36. The van der Waals surface area contributed by atoms with Crippen molar-refractivity contribution in [1.29, 1.82) is 0 Å². The number of hydrogen-bond donors (Lipinski definition) is 2. The maximum atomic E-state index is 12.8. The predicted octanol–water partition coefficient (Wildman–Crippen LogP) is 1.93. The Labute approximate surface area is 152 Å². The van der Waals surface area contributed by atoms with Gasteiger partial charge < -0.3 is 0 Å². The first-order valence-electron chi connectivity index (χ1n) is 8.22. The van der Waals surface area contributed by atoms with E-state index in [4.69, 9.17) is 0 Å². The Morgan fingerprint density at radius 1 is 1.00 bits per heavy atom. The molecule has 3 rings (SSSR count). The van der Waals surface area contributed by atoms with Crippen LogP contribution < -0.4 is 15.2 Å². The minimum absolute atomic E-state index is 0.190. The summed E-state index contributed by atoms with van der Waals surface area (Å²) in [6.07, 6.45) is 0.236. The van der Waals surface area contributed by atoms with Crippen LogP contribution in [0.15, 0.2) is 41.3 Å². The Morgan fingerprint density at radius 2 is 1.62 bits per heavy atom. The summed E-state index contributed by atoms with van der Waals surface area (Å²) in [5.74, 6) is -0.943. The Bertz CT molecular complexity index is 988. The first-order valence-corrected chi connectivity index (χ1v) is 9.66. The van der Waals surface area contributed by atoms with E-state index in [1.54, 1.807) is 18.2 Å². The molecule has 2 amide bonds. The summed E-state index contributed by atoms with van der Waals surface area (Å²) in [4.78, 5) is 24.2. The number of benzene rings is 2. The SMILES string of the molecule is CC(C)(C)CC(=O)NNC(=O)CN1c2cccc3cccc(c23)S1(=O)=O. The molecule has 1 heterocycles. The number of rotatable bonds is 3. The van der Waals surface area contributed by atoms with Crippen LogP contribution in [0.5, 0.6) is 0 Å². The number of nitrogens with zero attached hydrogens (tertiary/aromatic N) is 1. The summed E-state index contributed by atoms with van der Waals surface area (Å²) in [7, 11) is -3.80. The molecule has 1 aliphatic heterocycles. The summed E-state index contributed by atoms with van der Waals surface area (Å²) in [5.41, 5.74) is 4.86. The van der Waals surface area contributed by atoms with Gasteiger partial charge in [0.2, 0.25) is 5.91 Å². The van der Waals surface area contributed by atoms with Crippen molar-refractivity contribution in [3.05, 3.63) is 36.4 Å². The highest BCUT2D eigenvalue weighted by Crippen LogP contribution is 2.41. The fourth-order valence-electron chi connectivity index (χ4n) is 2.96. The second kappa shape index (κ2) is 6.28. The van der Waals surface area contributed by atoms with Crippen molar-refractivity contribution in [2.75, 3.05) is 10.8 Å². The topological polar surface area (TPSA) is 95.6 Å². The summed E-state index contributed by atoms with van der Waals surface area (Å²) in [6, 6.07) is 10.3. The van der Waals surface area contributed by atoms with Crippen molar-refractivity contribution in [3.63, 3.8) is 0 Å². The third-order valence-electron chi connectivity index (χ3n) is 4.00. The molecule has 0 spiro atoms. The van der Waals surface area contributed by atoms with Gasteiger partial charge in [0.1, 0.15) is 6.54 Å². The number of anilines is 1. The van der Waals surface area contributed by atoms with Gasteiger partial charge in [0, 0.05) is 11.8 Å². The van der Waals surface area contributed by atoms with Crippen LogP contribution in [-0.4, -0.2) is 26.8 Å². The van der Waals surface area contributed by atoms with E-state index in [0.29, 0.717) is 11.1 Å². The first kappa shape index (κ1) is 18.2. The van der Waals surface area contributed by atoms with Crippen molar-refractivity contribution in [2.24, 2.45) is 5.41 Å². The van der Waals surface area contributed by atoms with Crippen molar-refractivity contribution in [3.8, 4) is 0 Å². The lowest BCUT2D eigenvalue weighted by molar-refractivity contribution is -0.129. The van der Waals surface area contributed by atoms with E-state index < -0.39 is 22.5 Å². The van der Waals surface area contributed by atoms with Gasteiger partial charge in [0.15, 0.2) is 0 Å². The zero-order valence-electron chi connectivity index (χ0n) is 14.9. The molecule has 0 aliphatic carbocycles. The largest absolute Gasteiger partial charge is 0.273 e. The molecular weight excluding hydrogens is 354 g/mol. The number of sulfonamides is 1. The Hall–Kier alpha value is -2.61. The molecule has 0 atom stereocenters. The molecule has 0 unspecified atom stereocenters. The average molecular weight is 375 g/mol. The Morgan fingerprint density at radius 3 is 2.27 bits per heavy atom. The molecule has 2 aromatic rings. The molecule has 2 aromatic carbocycles. The zero-order chi connectivity index (χ0) is 19.1. The first-order chi connectivity index (χ1) is 12.1. The minimum atomic E-state index is -3.80. The van der Waals surface area contributed by atoms with E-state index in [-0.39, 0.29) is 22.6 Å². The van der Waals surface area contributed by atoms with E-state index in [1.807, 2.05) is 32.9 Å². The molecule has 0 saturated carbocycles. The lowest BCUT2D eigenvalue weighted by Crippen LogP contribution is -2.47. The summed E-state index contributed by atoms with van der Waals surface area (Å²) in [5, 5.41) is 1.41. The van der Waals surface area contributed by atoms with E-state index >= 15 is 0 Å². The lowest BCUT2D eigenvalue weighted by Gasteiger charge is -2.20. The van der Waals surface area contributed by atoms with Crippen LogP contribution in [0, 0.1) is 5.41 Å². The van der Waals surface area contributed by atoms with Crippen molar-refractivity contribution >= 4 is 38.3 Å². The quantitative estimate of drug-likeness (QED) is 0.802. The number of nitrogens with one attached hydrogen (secondary N) is 2. The molecule has 0 fully saturated rings. The van der Waals surface area contributed by atoms with Gasteiger partial charge in [0.05, 0.1) is 10.6 Å². The highest BCUT2D eigenvalue weighted by atomic mass is 32.2. The van der Waals surface area contributed by atoms with Crippen LogP contribution in [0.3, 0.4) is 0 Å². The number of hydrazine groups is 1. The summed E-state index contributed by atoms with van der Waals surface area (Å²) in [6.45, 7) is 5.31. The molecule has 1 aliphatic rings. The van der Waals surface area contributed by atoms with Gasteiger partial charge in [-0.3, -0.25) is 24.7 Å². The van der Waals surface area contributed by atoms with Gasteiger partial charge in [-0.05, 0) is 22.9 Å². The van der Waals surface area contributed by atoms with Crippen molar-refractivity contribution < 1.29 is 18.0 Å². The van der Waals surface area contributed by atoms with Crippen LogP contribution in [0.4, 0.5) is 5.69 Å². The zero-order valence-corrected chi connectivity index (χ0v) is 15.7. The number of amides is 2. The predicted molar refractivity (Wildman–Crippen MR) is 98.8 cm³/mol. The van der Waals surface area contributed by atoms with Gasteiger partial charge in [-0.1, -0.05) is 45.0 Å². The molecule has 26 heavy (non-hydrogen) atoms. The molecule has 0 radical (unpaired) electrons. The van der Waals surface area contributed by atoms with Crippen LogP contribution in [0.25, 0.3) is 10.8 Å². The fourth-order valence-corrected chi connectivity index (χ4v) is 4.63. The Kier molecular flexibility index (Phi) is 4.39. The van der Waals surface area contributed by atoms with Gasteiger partial charge in [-0.25, -0.2) is 8.42 Å². The molecule has 0 aromatic heterocycles. The normalized spacial score (nSPS) is 15.1. The van der Waals surface area contributed by atoms with E-state index in [2.05, 4.69) is 10.9 Å². The Balaban J connectivity index is 1.76. The molecule has 0 bridgehead atoms. The van der Waals surface area contributed by atoms with Gasteiger partial charge >= 0.3 is 0 Å². The van der Waals surface area contributed by atoms with Crippen LogP contribution in [0.2, 0.25) is 0 Å². The minimum Gasteiger partial charge on any atom is -0.273 e. The molecule has 138 valence electrons. The standard InChI is InChI=1S/C18H21N3O4S/c1-18(2,3)10-15(22)19-20-16(23)11-21-13-8-4-6-12-7-5-9-14(17(12)13)26(21,24)25/h4-9H,10-11H2,1-3H3,(H,19,22)(H,20,23). The third-order valence-corrected chi connectivity index (χ3v) is 5.80. The second-order valence-electron chi connectivity index (χ2n) is 7.48. The average Bonchev–Trinajstić information content (AvgIpc) is 2.75. The fraction of sp³-hybridized carbons (Fsp3) is 0.333. The summed E-state index contributed by atoms with van der Waals surface area (Å²) >= 11 is 0. The smallest absolute Gasteiger partial charge is 0.265 e. The maximum absolute atomic E-state index is 12.8. The van der Waals surface area contributed by atoms with E-state index in [1.165, 1.54) is 6.07 Å². The maximum Gasteiger partial charge on any atom is 0.265 e. The lowest BCUT2D eigenvalue weighted by atomic mass is 9.92. The molecular formula is C18H21N3O4S. The van der Waals surface area contributed by atoms with Crippen molar-refractivity contribution in [1.82, 2.24) is 10.9 Å². The third kappa shape index (κ3) is 3.37. The number of carbonyl (C=O) groups excluding carboxylic acids is 2. The van der Waals surface area contributed by atoms with Gasteiger partial charge in [-0.15, -0.1) is 0 Å². The molecule has 8 heteroatoms. The second-order valence-corrected chi connectivity index (χ2v) is 9.31. The highest BCUT2D eigenvalue weighted by molar-refractivity contribution is 7.93.